The fourth-order valence-electron chi connectivity index (χ4n) is 1.36. The summed E-state index contributed by atoms with van der Waals surface area (Å²) in [7, 11) is 0. The molecule has 0 saturated heterocycles. The van der Waals surface area contributed by atoms with E-state index in [4.69, 9.17) is 5.11 Å². The summed E-state index contributed by atoms with van der Waals surface area (Å²) >= 11 is 0. The zero-order valence-corrected chi connectivity index (χ0v) is 6.00. The van der Waals surface area contributed by atoms with Crippen molar-refractivity contribution in [3.05, 3.63) is 0 Å². The van der Waals surface area contributed by atoms with Crippen LogP contribution in [0.5, 0.6) is 0 Å². The molecule has 1 saturated carbocycles. The molecule has 11 heavy (non-hydrogen) atoms. The second kappa shape index (κ2) is 3.17. The van der Waals surface area contributed by atoms with E-state index < -0.39 is 24.2 Å². The van der Waals surface area contributed by atoms with Gasteiger partial charge in [-0.05, 0) is 12.8 Å². The predicted molar refractivity (Wildman–Crippen MR) is 33.3 cm³/mol. The number of aliphatic hydroxyl groups excluding tert-OH is 1. The second-order valence-corrected chi connectivity index (χ2v) is 2.91. The first kappa shape index (κ1) is 8.46. The van der Waals surface area contributed by atoms with Crippen molar-refractivity contribution in [1.82, 2.24) is 0 Å². The molecule has 0 spiro atoms. The van der Waals surface area contributed by atoms with Gasteiger partial charge in [0.05, 0.1) is 6.10 Å². The fraction of sp³-hybridized carbons (Fsp3) is 0.857. The van der Waals surface area contributed by atoms with Crippen LogP contribution in [0.3, 0.4) is 0 Å². The van der Waals surface area contributed by atoms with Crippen LogP contribution in [0.15, 0.2) is 0 Å². The molecule has 3 unspecified atom stereocenters. The molecular weight excluding hydrogens is 151 g/mol. The Morgan fingerprint density at radius 2 is 2.18 bits per heavy atom. The molecule has 1 fully saturated rings. The van der Waals surface area contributed by atoms with Gasteiger partial charge in [0.25, 0.3) is 0 Å². The van der Waals surface area contributed by atoms with Crippen LogP contribution in [-0.4, -0.2) is 23.4 Å². The van der Waals surface area contributed by atoms with Gasteiger partial charge in [-0.3, -0.25) is 0 Å². The summed E-state index contributed by atoms with van der Waals surface area (Å²) in [5.74, 6) is -2.36. The summed E-state index contributed by atoms with van der Waals surface area (Å²) in [6.45, 7) is 0. The summed E-state index contributed by atoms with van der Waals surface area (Å²) in [6.07, 6.45) is -1.65. The molecule has 0 aromatic heterocycles. The SMILES string of the molecule is O=C([O-])C1CCC(O)CC1F. The van der Waals surface area contributed by atoms with E-state index in [1.807, 2.05) is 0 Å². The summed E-state index contributed by atoms with van der Waals surface area (Å²) in [6, 6.07) is 0. The van der Waals surface area contributed by atoms with E-state index in [1.54, 1.807) is 0 Å². The van der Waals surface area contributed by atoms with Crippen molar-refractivity contribution in [3.63, 3.8) is 0 Å². The van der Waals surface area contributed by atoms with Gasteiger partial charge in [0, 0.05) is 18.3 Å². The van der Waals surface area contributed by atoms with Crippen LogP contribution < -0.4 is 5.11 Å². The minimum absolute atomic E-state index is 0.0708. The zero-order valence-electron chi connectivity index (χ0n) is 6.00. The Morgan fingerprint density at radius 1 is 1.55 bits per heavy atom. The van der Waals surface area contributed by atoms with Crippen LogP contribution in [0.4, 0.5) is 4.39 Å². The van der Waals surface area contributed by atoms with Gasteiger partial charge in [0.15, 0.2) is 0 Å². The van der Waals surface area contributed by atoms with E-state index in [9.17, 15) is 14.3 Å². The molecule has 0 aromatic carbocycles. The summed E-state index contributed by atoms with van der Waals surface area (Å²) in [5.41, 5.74) is 0. The number of carboxylic acids is 1. The van der Waals surface area contributed by atoms with Crippen LogP contribution in [0.2, 0.25) is 0 Å². The van der Waals surface area contributed by atoms with Crippen molar-refractivity contribution in [2.24, 2.45) is 5.92 Å². The predicted octanol–water partition coefficient (Wildman–Crippen LogP) is -0.765. The molecule has 3 atom stereocenters. The smallest absolute Gasteiger partial charge is 0.111 e. The average molecular weight is 161 g/mol. The lowest BCUT2D eigenvalue weighted by atomic mass is 9.86. The molecule has 3 nitrogen and oxygen atoms in total. The maximum Gasteiger partial charge on any atom is 0.111 e. The fourth-order valence-corrected chi connectivity index (χ4v) is 1.36. The Bertz CT molecular complexity index is 160. The maximum atomic E-state index is 12.8. The summed E-state index contributed by atoms with van der Waals surface area (Å²) in [5, 5.41) is 19.2. The number of carboxylic acid groups (broad SMARTS) is 1. The largest absolute Gasteiger partial charge is 0.550 e. The number of alkyl halides is 1. The number of hydrogen-bond donors (Lipinski definition) is 1. The Balaban J connectivity index is 2.50. The molecule has 1 aliphatic rings. The number of aliphatic hydroxyl groups is 1. The van der Waals surface area contributed by atoms with Crippen LogP contribution in [0, 0.1) is 5.92 Å². The molecule has 0 heterocycles. The average Bonchev–Trinajstić information content (AvgIpc) is 1.85. The molecule has 1 aliphatic carbocycles. The zero-order chi connectivity index (χ0) is 8.43. The Morgan fingerprint density at radius 3 is 2.64 bits per heavy atom. The lowest BCUT2D eigenvalue weighted by Crippen LogP contribution is -2.41. The lowest BCUT2D eigenvalue weighted by Gasteiger charge is -2.29. The molecular formula is C7H10FO3-. The van der Waals surface area contributed by atoms with Gasteiger partial charge >= 0.3 is 0 Å². The van der Waals surface area contributed by atoms with Crippen LogP contribution in [0.1, 0.15) is 19.3 Å². The summed E-state index contributed by atoms with van der Waals surface area (Å²) in [4.78, 5) is 10.2. The van der Waals surface area contributed by atoms with E-state index in [1.165, 1.54) is 0 Å². The van der Waals surface area contributed by atoms with E-state index in [0.29, 0.717) is 6.42 Å². The first-order chi connectivity index (χ1) is 5.11. The number of carbonyl (C=O) groups excluding carboxylic acids is 1. The lowest BCUT2D eigenvalue weighted by molar-refractivity contribution is -0.314. The van der Waals surface area contributed by atoms with Gasteiger partial charge < -0.3 is 15.0 Å². The molecule has 4 heteroatoms. The monoisotopic (exact) mass is 161 g/mol. The van der Waals surface area contributed by atoms with E-state index in [2.05, 4.69) is 0 Å². The van der Waals surface area contributed by atoms with Gasteiger partial charge in [0.1, 0.15) is 6.17 Å². The minimum Gasteiger partial charge on any atom is -0.550 e. The normalized spacial score (nSPS) is 38.5. The third-order valence-electron chi connectivity index (χ3n) is 2.05. The molecule has 0 bridgehead atoms. The van der Waals surface area contributed by atoms with E-state index >= 15 is 0 Å². The number of aliphatic carboxylic acids is 1. The first-order valence-corrected chi connectivity index (χ1v) is 3.64. The second-order valence-electron chi connectivity index (χ2n) is 2.91. The van der Waals surface area contributed by atoms with Crippen LogP contribution in [-0.2, 0) is 4.79 Å². The first-order valence-electron chi connectivity index (χ1n) is 3.64. The Kier molecular flexibility index (Phi) is 2.44. The number of rotatable bonds is 1. The van der Waals surface area contributed by atoms with Crippen molar-refractivity contribution >= 4 is 5.97 Å². The number of carbonyl (C=O) groups is 1. The molecule has 64 valence electrons. The van der Waals surface area contributed by atoms with Gasteiger partial charge in [-0.1, -0.05) is 0 Å². The van der Waals surface area contributed by atoms with Crippen molar-refractivity contribution < 1.29 is 19.4 Å². The third-order valence-corrected chi connectivity index (χ3v) is 2.05. The molecule has 1 rings (SSSR count). The highest BCUT2D eigenvalue weighted by Crippen LogP contribution is 2.26. The molecule has 0 aliphatic heterocycles. The quantitative estimate of drug-likeness (QED) is 0.549. The maximum absolute atomic E-state index is 12.8. The van der Waals surface area contributed by atoms with Gasteiger partial charge in [-0.15, -0.1) is 0 Å². The highest BCUT2D eigenvalue weighted by Gasteiger charge is 2.30. The van der Waals surface area contributed by atoms with Crippen molar-refractivity contribution in [1.29, 1.82) is 0 Å². The minimum atomic E-state index is -1.44. The highest BCUT2D eigenvalue weighted by molar-refractivity contribution is 5.68. The van der Waals surface area contributed by atoms with Crippen molar-refractivity contribution in [2.45, 2.75) is 31.5 Å². The van der Waals surface area contributed by atoms with Crippen LogP contribution in [0.25, 0.3) is 0 Å². The number of halogens is 1. The Labute approximate surface area is 63.8 Å². The molecule has 0 aromatic rings. The van der Waals surface area contributed by atoms with Crippen molar-refractivity contribution in [3.8, 4) is 0 Å². The standard InChI is InChI=1S/C7H11FO3/c8-6-3-4(9)1-2-5(6)7(10)11/h4-6,9H,1-3H2,(H,10,11)/p-1. The highest BCUT2D eigenvalue weighted by atomic mass is 19.1. The third kappa shape index (κ3) is 1.89. The Hall–Kier alpha value is -0.640. The number of hydrogen-bond acceptors (Lipinski definition) is 3. The molecule has 0 radical (unpaired) electrons. The molecule has 1 N–H and O–H groups in total. The van der Waals surface area contributed by atoms with E-state index in [-0.39, 0.29) is 12.8 Å². The van der Waals surface area contributed by atoms with Crippen LogP contribution >= 0.6 is 0 Å². The molecule has 0 amide bonds. The summed E-state index contributed by atoms with van der Waals surface area (Å²) < 4.78 is 12.8. The van der Waals surface area contributed by atoms with E-state index in [0.717, 1.165) is 0 Å². The van der Waals surface area contributed by atoms with Gasteiger partial charge in [-0.25, -0.2) is 4.39 Å². The van der Waals surface area contributed by atoms with Crippen molar-refractivity contribution in [2.75, 3.05) is 0 Å². The van der Waals surface area contributed by atoms with Gasteiger partial charge in [0.2, 0.25) is 0 Å². The topological polar surface area (TPSA) is 60.4 Å². The van der Waals surface area contributed by atoms with Gasteiger partial charge in [-0.2, -0.15) is 0 Å².